The maximum absolute atomic E-state index is 12.0. The lowest BCUT2D eigenvalue weighted by Crippen LogP contribution is -2.48. The van der Waals surface area contributed by atoms with Crippen LogP contribution in [0.5, 0.6) is 0 Å². The quantitative estimate of drug-likeness (QED) is 0.624. The van der Waals surface area contributed by atoms with Crippen LogP contribution in [0.15, 0.2) is 30.1 Å². The molecule has 2 heterocycles. The van der Waals surface area contributed by atoms with Crippen molar-refractivity contribution in [1.82, 2.24) is 19.6 Å². The average Bonchev–Trinajstić information content (AvgIpc) is 2.96. The monoisotopic (exact) mass is 326 g/mol. The van der Waals surface area contributed by atoms with E-state index in [2.05, 4.69) is 35.0 Å². The Hall–Kier alpha value is -2.24. The summed E-state index contributed by atoms with van der Waals surface area (Å²) in [5.41, 5.74) is 1.88. The van der Waals surface area contributed by atoms with Crippen LogP contribution in [0.4, 0.5) is 0 Å². The van der Waals surface area contributed by atoms with E-state index in [1.165, 1.54) is 18.4 Å². The molecule has 0 unspecified atom stereocenters. The Morgan fingerprint density at radius 3 is 3.08 bits per heavy atom. The molecule has 6 nitrogen and oxygen atoms in total. The Bertz CT molecular complexity index is 775. The van der Waals surface area contributed by atoms with Crippen molar-refractivity contribution in [2.75, 3.05) is 6.61 Å². The summed E-state index contributed by atoms with van der Waals surface area (Å²) < 4.78 is 6.95. The molecule has 1 fully saturated rings. The van der Waals surface area contributed by atoms with Gasteiger partial charge in [0.05, 0.1) is 6.61 Å². The van der Waals surface area contributed by atoms with Gasteiger partial charge in [-0.2, -0.15) is 4.98 Å². The van der Waals surface area contributed by atoms with Crippen LogP contribution >= 0.6 is 0 Å². The molecule has 2 bridgehead atoms. The lowest BCUT2D eigenvalue weighted by molar-refractivity contribution is -0.143. The van der Waals surface area contributed by atoms with Crippen LogP contribution < -0.4 is 0 Å². The van der Waals surface area contributed by atoms with Gasteiger partial charge in [0.25, 0.3) is 5.78 Å². The Balaban J connectivity index is 1.29. The molecule has 1 saturated carbocycles. The SMILES string of the molecule is CC1(C)[C@H]2CC=C(CCOC(=O)Cc3nc4ncccn4n3)[C@H]1C2. The number of nitrogens with zero attached hydrogens (tertiary/aromatic N) is 4. The van der Waals surface area contributed by atoms with Gasteiger partial charge < -0.3 is 4.74 Å². The Labute approximate surface area is 140 Å². The van der Waals surface area contributed by atoms with Crippen LogP contribution in [0.3, 0.4) is 0 Å². The van der Waals surface area contributed by atoms with Crippen molar-refractivity contribution in [1.29, 1.82) is 0 Å². The molecule has 3 aliphatic carbocycles. The van der Waals surface area contributed by atoms with Gasteiger partial charge in [-0.1, -0.05) is 25.5 Å². The van der Waals surface area contributed by atoms with Gasteiger partial charge >= 0.3 is 5.97 Å². The molecule has 6 heteroatoms. The van der Waals surface area contributed by atoms with E-state index in [9.17, 15) is 4.79 Å². The standard InChI is InChI=1S/C18H22N4O2/c1-18(2)13-5-4-12(14(18)10-13)6-9-24-16(23)11-15-20-17-19-7-3-8-22(17)21-15/h3-4,7-8,13-14H,5-6,9-11H2,1-2H3/t13-,14+/m0/s1. The lowest BCUT2D eigenvalue weighted by atomic mass is 9.48. The maximum atomic E-state index is 12.0. The fraction of sp³-hybridized carbons (Fsp3) is 0.556. The van der Waals surface area contributed by atoms with Crippen LogP contribution in [0, 0.1) is 17.3 Å². The number of hydrogen-bond acceptors (Lipinski definition) is 5. The molecule has 0 aliphatic heterocycles. The molecule has 126 valence electrons. The van der Waals surface area contributed by atoms with Crippen molar-refractivity contribution in [2.45, 2.75) is 39.5 Å². The lowest BCUT2D eigenvalue weighted by Gasteiger charge is -2.56. The molecule has 0 spiro atoms. The first kappa shape index (κ1) is 15.3. The second-order valence-corrected chi connectivity index (χ2v) is 7.36. The smallest absolute Gasteiger partial charge is 0.313 e. The zero-order chi connectivity index (χ0) is 16.7. The summed E-state index contributed by atoms with van der Waals surface area (Å²) in [6, 6.07) is 1.77. The van der Waals surface area contributed by atoms with E-state index in [1.54, 1.807) is 23.0 Å². The van der Waals surface area contributed by atoms with E-state index < -0.39 is 0 Å². The highest BCUT2D eigenvalue weighted by atomic mass is 16.5. The minimum absolute atomic E-state index is 0.0827. The normalized spacial score (nSPS) is 24.3. The maximum Gasteiger partial charge on any atom is 0.313 e. The van der Waals surface area contributed by atoms with Gasteiger partial charge in [-0.05, 0) is 36.2 Å². The fourth-order valence-corrected chi connectivity index (χ4v) is 4.07. The molecule has 0 N–H and O–H groups in total. The third-order valence-electron chi connectivity index (χ3n) is 5.70. The molecule has 2 atom stereocenters. The van der Waals surface area contributed by atoms with Gasteiger partial charge in [-0.15, -0.1) is 5.10 Å². The molecule has 5 rings (SSSR count). The Morgan fingerprint density at radius 2 is 2.33 bits per heavy atom. The van der Waals surface area contributed by atoms with Gasteiger partial charge in [-0.3, -0.25) is 4.79 Å². The van der Waals surface area contributed by atoms with Crippen LogP contribution in [-0.2, 0) is 16.0 Å². The molecular formula is C18H22N4O2. The van der Waals surface area contributed by atoms with E-state index in [0.29, 0.717) is 29.5 Å². The molecule has 24 heavy (non-hydrogen) atoms. The van der Waals surface area contributed by atoms with Crippen molar-refractivity contribution >= 4 is 11.7 Å². The van der Waals surface area contributed by atoms with Crippen molar-refractivity contribution in [3.63, 3.8) is 0 Å². The third-order valence-corrected chi connectivity index (χ3v) is 5.70. The van der Waals surface area contributed by atoms with Gasteiger partial charge in [0.1, 0.15) is 6.42 Å². The van der Waals surface area contributed by atoms with Crippen molar-refractivity contribution in [3.05, 3.63) is 35.9 Å². The summed E-state index contributed by atoms with van der Waals surface area (Å²) in [5, 5.41) is 4.22. The summed E-state index contributed by atoms with van der Waals surface area (Å²) in [6.07, 6.45) is 9.15. The number of ether oxygens (including phenoxy) is 1. The minimum atomic E-state index is -0.284. The number of aromatic nitrogens is 4. The molecule has 2 aromatic rings. The highest BCUT2D eigenvalue weighted by Gasteiger charge is 2.50. The predicted molar refractivity (Wildman–Crippen MR) is 88.1 cm³/mol. The summed E-state index contributed by atoms with van der Waals surface area (Å²) >= 11 is 0. The van der Waals surface area contributed by atoms with Gasteiger partial charge in [0.15, 0.2) is 5.82 Å². The zero-order valence-electron chi connectivity index (χ0n) is 14.1. The molecule has 0 aromatic carbocycles. The van der Waals surface area contributed by atoms with E-state index >= 15 is 0 Å². The van der Waals surface area contributed by atoms with Crippen LogP contribution in [0.2, 0.25) is 0 Å². The number of hydrogen-bond donors (Lipinski definition) is 0. The molecule has 0 radical (unpaired) electrons. The summed E-state index contributed by atoms with van der Waals surface area (Å²) in [4.78, 5) is 20.3. The highest BCUT2D eigenvalue weighted by Crippen LogP contribution is 2.59. The van der Waals surface area contributed by atoms with Gasteiger partial charge in [-0.25, -0.2) is 9.50 Å². The first-order chi connectivity index (χ1) is 11.5. The predicted octanol–water partition coefficient (Wildman–Crippen LogP) is 2.59. The van der Waals surface area contributed by atoms with Gasteiger partial charge in [0, 0.05) is 18.8 Å². The average molecular weight is 326 g/mol. The number of carbonyl (C=O) groups excluding carboxylic acids is 1. The fourth-order valence-electron chi connectivity index (χ4n) is 4.07. The molecule has 0 amide bonds. The third kappa shape index (κ3) is 2.60. The largest absolute Gasteiger partial charge is 0.465 e. The van der Waals surface area contributed by atoms with Crippen LogP contribution in [0.1, 0.15) is 38.9 Å². The number of rotatable bonds is 5. The second-order valence-electron chi connectivity index (χ2n) is 7.36. The second kappa shape index (κ2) is 5.69. The van der Waals surface area contributed by atoms with Crippen LogP contribution in [0.25, 0.3) is 5.78 Å². The van der Waals surface area contributed by atoms with Crippen molar-refractivity contribution < 1.29 is 9.53 Å². The summed E-state index contributed by atoms with van der Waals surface area (Å²) in [5.74, 6) is 2.16. The topological polar surface area (TPSA) is 69.4 Å². The van der Waals surface area contributed by atoms with E-state index in [4.69, 9.17) is 4.74 Å². The van der Waals surface area contributed by atoms with Crippen LogP contribution in [-0.4, -0.2) is 32.2 Å². The molecular weight excluding hydrogens is 304 g/mol. The van der Waals surface area contributed by atoms with Crippen molar-refractivity contribution in [3.8, 4) is 0 Å². The molecule has 2 aromatic heterocycles. The first-order valence-electron chi connectivity index (χ1n) is 8.55. The number of esters is 1. The van der Waals surface area contributed by atoms with Crippen molar-refractivity contribution in [2.24, 2.45) is 17.3 Å². The van der Waals surface area contributed by atoms with E-state index in [0.717, 1.165) is 12.3 Å². The minimum Gasteiger partial charge on any atom is -0.465 e. The Morgan fingerprint density at radius 1 is 1.46 bits per heavy atom. The Kier molecular flexibility index (Phi) is 3.62. The zero-order valence-corrected chi connectivity index (χ0v) is 14.1. The summed E-state index contributed by atoms with van der Waals surface area (Å²) in [6.45, 7) is 5.15. The van der Waals surface area contributed by atoms with E-state index in [1.807, 2.05) is 0 Å². The number of fused-ring (bicyclic) bond motifs is 2. The van der Waals surface area contributed by atoms with Gasteiger partial charge in [0.2, 0.25) is 0 Å². The summed E-state index contributed by atoms with van der Waals surface area (Å²) in [7, 11) is 0. The number of allylic oxidation sites excluding steroid dienone is 1. The first-order valence-corrected chi connectivity index (χ1v) is 8.55. The number of carbonyl (C=O) groups is 1. The molecule has 0 saturated heterocycles. The highest BCUT2D eigenvalue weighted by molar-refractivity contribution is 5.71. The molecule has 3 aliphatic rings. The van der Waals surface area contributed by atoms with E-state index in [-0.39, 0.29) is 12.4 Å².